The third-order valence-electron chi connectivity index (χ3n) is 5.39. The largest absolute Gasteiger partial charge is 0.329 e. The van der Waals surface area contributed by atoms with Crippen LogP contribution in [0.1, 0.15) is 38.7 Å². The first kappa shape index (κ1) is 17.2. The van der Waals surface area contributed by atoms with Crippen LogP contribution in [0.2, 0.25) is 5.02 Å². The number of hydrogen-bond donors (Lipinski definition) is 2. The Bertz CT molecular complexity index is 643. The number of likely N-dealkylation sites (tertiary alicyclic amines) is 1. The maximum Gasteiger partial charge on any atom is 0.329 e. The van der Waals surface area contributed by atoms with Gasteiger partial charge in [-0.15, -0.1) is 0 Å². The fraction of sp³-hybridized carbons (Fsp3) is 0.556. The van der Waals surface area contributed by atoms with Crippen LogP contribution in [-0.2, 0) is 10.3 Å². The van der Waals surface area contributed by atoms with Crippen molar-refractivity contribution in [2.45, 2.75) is 38.6 Å². The molecule has 6 heteroatoms. The lowest BCUT2D eigenvalue weighted by Crippen LogP contribution is -3.14. The molecule has 0 aliphatic carbocycles. The van der Waals surface area contributed by atoms with Crippen molar-refractivity contribution in [2.75, 3.05) is 19.8 Å². The van der Waals surface area contributed by atoms with E-state index in [0.29, 0.717) is 18.1 Å². The number of piperidine rings is 1. The third-order valence-corrected chi connectivity index (χ3v) is 5.62. The zero-order valence-electron chi connectivity index (χ0n) is 14.3. The summed E-state index contributed by atoms with van der Waals surface area (Å²) in [5.41, 5.74) is -0.245. The van der Waals surface area contributed by atoms with Crippen molar-refractivity contribution in [1.29, 1.82) is 0 Å². The van der Waals surface area contributed by atoms with Crippen molar-refractivity contribution < 1.29 is 14.5 Å². The Morgan fingerprint density at radius 2 is 2.04 bits per heavy atom. The first-order valence-electron chi connectivity index (χ1n) is 8.70. The molecule has 0 radical (unpaired) electrons. The summed E-state index contributed by atoms with van der Waals surface area (Å²) in [6.45, 7) is 6.63. The summed E-state index contributed by atoms with van der Waals surface area (Å²) in [7, 11) is 0. The highest BCUT2D eigenvalue weighted by Gasteiger charge is 2.52. The summed E-state index contributed by atoms with van der Waals surface area (Å²) in [4.78, 5) is 28.3. The number of benzene rings is 1. The van der Waals surface area contributed by atoms with Gasteiger partial charge in [-0.05, 0) is 42.9 Å². The Morgan fingerprint density at radius 1 is 1.33 bits per heavy atom. The molecule has 3 amide bonds. The topological polar surface area (TPSA) is 53.9 Å². The van der Waals surface area contributed by atoms with Crippen LogP contribution in [0.5, 0.6) is 0 Å². The Kier molecular flexibility index (Phi) is 4.83. The quantitative estimate of drug-likeness (QED) is 0.813. The number of halogens is 1. The van der Waals surface area contributed by atoms with E-state index in [-0.39, 0.29) is 11.9 Å². The first-order valence-corrected chi connectivity index (χ1v) is 9.08. The Hall–Kier alpha value is -1.59. The van der Waals surface area contributed by atoms with E-state index >= 15 is 0 Å². The summed E-state index contributed by atoms with van der Waals surface area (Å²) in [5.74, 6) is 0.571. The molecule has 1 atom stereocenters. The number of amides is 3. The van der Waals surface area contributed by atoms with Gasteiger partial charge in [-0.25, -0.2) is 9.69 Å². The number of urea groups is 1. The zero-order valence-corrected chi connectivity index (χ0v) is 15.0. The van der Waals surface area contributed by atoms with Gasteiger partial charge >= 0.3 is 6.03 Å². The molecule has 24 heavy (non-hydrogen) atoms. The molecule has 2 saturated heterocycles. The minimum atomic E-state index is -0.996. The number of quaternary nitrogens is 1. The van der Waals surface area contributed by atoms with Crippen LogP contribution in [0, 0.1) is 5.92 Å². The van der Waals surface area contributed by atoms with Crippen LogP contribution in [0.3, 0.4) is 0 Å². The zero-order chi connectivity index (χ0) is 17.3. The highest BCUT2D eigenvalue weighted by Crippen LogP contribution is 2.33. The highest BCUT2D eigenvalue weighted by atomic mass is 35.5. The van der Waals surface area contributed by atoms with Gasteiger partial charge in [-0.3, -0.25) is 4.79 Å². The summed E-state index contributed by atoms with van der Waals surface area (Å²) >= 11 is 6.09. The second kappa shape index (κ2) is 6.73. The average Bonchev–Trinajstić information content (AvgIpc) is 2.82. The number of carbonyl (C=O) groups excluding carboxylic acids is 2. The smallest absolute Gasteiger partial charge is 0.319 e. The first-order chi connectivity index (χ1) is 11.5. The Morgan fingerprint density at radius 3 is 2.67 bits per heavy atom. The van der Waals surface area contributed by atoms with Crippen LogP contribution in [0.15, 0.2) is 24.3 Å². The molecule has 1 aromatic rings. The van der Waals surface area contributed by atoms with Crippen molar-refractivity contribution in [3.8, 4) is 0 Å². The van der Waals surface area contributed by atoms with E-state index in [1.54, 1.807) is 12.1 Å². The molecule has 0 spiro atoms. The fourth-order valence-electron chi connectivity index (χ4n) is 3.72. The lowest BCUT2D eigenvalue weighted by atomic mass is 9.87. The van der Waals surface area contributed by atoms with Gasteiger partial charge in [0.05, 0.1) is 13.1 Å². The summed E-state index contributed by atoms with van der Waals surface area (Å²) < 4.78 is 0. The average molecular weight is 351 g/mol. The van der Waals surface area contributed by atoms with Crippen LogP contribution < -0.4 is 10.2 Å². The molecule has 2 fully saturated rings. The number of imide groups is 1. The van der Waals surface area contributed by atoms with Gasteiger partial charge in [-0.1, -0.05) is 37.6 Å². The molecule has 3 rings (SSSR count). The van der Waals surface area contributed by atoms with E-state index in [0.717, 1.165) is 37.4 Å². The molecule has 0 bridgehead atoms. The highest BCUT2D eigenvalue weighted by molar-refractivity contribution is 6.30. The Labute approximate surface area is 147 Å². The monoisotopic (exact) mass is 350 g/mol. The van der Waals surface area contributed by atoms with E-state index in [1.165, 1.54) is 9.80 Å². The maximum atomic E-state index is 13.1. The van der Waals surface area contributed by atoms with Gasteiger partial charge < -0.3 is 10.2 Å². The van der Waals surface area contributed by atoms with Crippen molar-refractivity contribution in [3.63, 3.8) is 0 Å². The standard InChI is InChI=1S/C18H24ClN3O2/c1-3-18(14-5-4-6-15(19)11-14)16(23)22(17(24)20-18)12-21-9-7-13(2)8-10-21/h4-6,11,13H,3,7-10,12H2,1-2H3,(H,20,24)/p+1/t18-/m0/s1. The molecule has 2 aliphatic rings. The molecule has 0 aromatic heterocycles. The second-order valence-electron chi connectivity index (χ2n) is 7.02. The third kappa shape index (κ3) is 3.03. The predicted octanol–water partition coefficient (Wildman–Crippen LogP) is 1.77. The molecular weight excluding hydrogens is 326 g/mol. The second-order valence-corrected chi connectivity index (χ2v) is 7.46. The van der Waals surface area contributed by atoms with E-state index in [2.05, 4.69) is 12.2 Å². The SMILES string of the molecule is CC[C@@]1(c2cccc(Cl)c2)NC(=O)N(C[NH+]2CCC(C)CC2)C1=O. The number of hydrogen-bond acceptors (Lipinski definition) is 2. The molecule has 2 N–H and O–H groups in total. The van der Waals surface area contributed by atoms with Crippen LogP contribution in [0.4, 0.5) is 4.79 Å². The molecule has 1 aromatic carbocycles. The summed E-state index contributed by atoms with van der Waals surface area (Å²) in [5, 5.41) is 3.49. The van der Waals surface area contributed by atoms with E-state index in [1.807, 2.05) is 19.1 Å². The molecular formula is C18H25ClN3O2+. The molecule has 2 heterocycles. The number of rotatable bonds is 4. The predicted molar refractivity (Wildman–Crippen MR) is 92.8 cm³/mol. The van der Waals surface area contributed by atoms with Gasteiger partial charge in [0.15, 0.2) is 6.67 Å². The van der Waals surface area contributed by atoms with E-state index in [4.69, 9.17) is 11.6 Å². The molecule has 5 nitrogen and oxygen atoms in total. The summed E-state index contributed by atoms with van der Waals surface area (Å²) in [6.07, 6.45) is 2.79. The van der Waals surface area contributed by atoms with Crippen molar-refractivity contribution in [3.05, 3.63) is 34.9 Å². The number of carbonyl (C=O) groups is 2. The van der Waals surface area contributed by atoms with Gasteiger partial charge in [0.2, 0.25) is 0 Å². The summed E-state index contributed by atoms with van der Waals surface area (Å²) in [6, 6.07) is 6.91. The number of nitrogens with one attached hydrogen (secondary N) is 2. The lowest BCUT2D eigenvalue weighted by molar-refractivity contribution is -0.913. The maximum absolute atomic E-state index is 13.1. The normalized spacial score (nSPS) is 30.5. The minimum absolute atomic E-state index is 0.164. The fourth-order valence-corrected chi connectivity index (χ4v) is 3.91. The van der Waals surface area contributed by atoms with E-state index in [9.17, 15) is 9.59 Å². The van der Waals surface area contributed by atoms with Gasteiger partial charge in [-0.2, -0.15) is 0 Å². The minimum Gasteiger partial charge on any atom is -0.319 e. The van der Waals surface area contributed by atoms with Crippen molar-refractivity contribution in [1.82, 2.24) is 10.2 Å². The van der Waals surface area contributed by atoms with Crippen LogP contribution in [-0.4, -0.2) is 36.6 Å². The molecule has 130 valence electrons. The molecule has 0 saturated carbocycles. The van der Waals surface area contributed by atoms with Gasteiger partial charge in [0, 0.05) is 5.02 Å². The Balaban J connectivity index is 1.81. The van der Waals surface area contributed by atoms with Crippen LogP contribution >= 0.6 is 11.6 Å². The van der Waals surface area contributed by atoms with Gasteiger partial charge in [0.25, 0.3) is 5.91 Å². The molecule has 2 aliphatic heterocycles. The molecule has 0 unspecified atom stereocenters. The van der Waals surface area contributed by atoms with Gasteiger partial charge in [0.1, 0.15) is 5.54 Å². The van der Waals surface area contributed by atoms with Crippen LogP contribution in [0.25, 0.3) is 0 Å². The number of nitrogens with zero attached hydrogens (tertiary/aromatic N) is 1. The van der Waals surface area contributed by atoms with Crippen molar-refractivity contribution in [2.24, 2.45) is 5.92 Å². The van der Waals surface area contributed by atoms with E-state index < -0.39 is 5.54 Å². The van der Waals surface area contributed by atoms with Crippen molar-refractivity contribution >= 4 is 23.5 Å². The lowest BCUT2D eigenvalue weighted by Gasteiger charge is -2.30.